The van der Waals surface area contributed by atoms with Gasteiger partial charge in [0.25, 0.3) is 11.8 Å². The minimum Gasteiger partial charge on any atom is -0.508 e. The van der Waals surface area contributed by atoms with Gasteiger partial charge < -0.3 is 10.0 Å². The summed E-state index contributed by atoms with van der Waals surface area (Å²) < 4.78 is 0.513. The summed E-state index contributed by atoms with van der Waals surface area (Å²) in [5, 5.41) is 35.1. The summed E-state index contributed by atoms with van der Waals surface area (Å²) in [7, 11) is 2.77. The highest BCUT2D eigenvalue weighted by Crippen LogP contribution is 2.66. The van der Waals surface area contributed by atoms with Crippen molar-refractivity contribution in [3.05, 3.63) is 72.2 Å². The highest BCUT2D eigenvalue weighted by molar-refractivity contribution is 9.10. The normalized spacial score (nSPS) is 29.8. The third-order valence-corrected chi connectivity index (χ3v) is 11.9. The molecule has 6 rings (SSSR count). The first-order chi connectivity index (χ1) is 22.0. The number of aromatic hydroxyl groups is 1. The molecule has 1 saturated carbocycles. The Balaban J connectivity index is 1.53. The van der Waals surface area contributed by atoms with Crippen LogP contribution >= 0.6 is 55.1 Å². The number of benzene rings is 2. The highest BCUT2D eigenvalue weighted by Gasteiger charge is 2.76. The summed E-state index contributed by atoms with van der Waals surface area (Å²) >= 11 is 20.9. The van der Waals surface area contributed by atoms with Crippen molar-refractivity contribution in [3.63, 3.8) is 0 Å². The maximum atomic E-state index is 14.3. The van der Waals surface area contributed by atoms with Gasteiger partial charge in [0.2, 0.25) is 11.8 Å². The molecular formula is C29H23Br2Cl2N5O9. The molecule has 0 aromatic heterocycles. The van der Waals surface area contributed by atoms with E-state index in [0.717, 1.165) is 17.0 Å². The van der Waals surface area contributed by atoms with E-state index in [9.17, 15) is 44.5 Å². The SMILES string of the molecule is CN(C)c1c([N+](=O)[O-])cc(N2C(=O)C3CC=C4C(CC5(Cl)C(=O)N(CBr)C(=O)C5(Cl)C4c4cc(Br)ccc4O)C3C2=O)cc1[N+](=O)[O-]. The van der Waals surface area contributed by atoms with Crippen LogP contribution in [-0.4, -0.2) is 72.8 Å². The number of likely N-dealkylation sites (tertiary alicyclic amines) is 1. The fourth-order valence-electron chi connectivity index (χ4n) is 7.57. The second kappa shape index (κ2) is 11.2. The zero-order valence-corrected chi connectivity index (χ0v) is 29.0. The lowest BCUT2D eigenvalue weighted by molar-refractivity contribution is -0.392. The average molecular weight is 816 g/mol. The molecule has 2 aliphatic carbocycles. The van der Waals surface area contributed by atoms with Crippen molar-refractivity contribution in [2.75, 3.05) is 29.3 Å². The minimum absolute atomic E-state index is 0.0324. The van der Waals surface area contributed by atoms with Gasteiger partial charge in [0.05, 0.1) is 32.8 Å². The van der Waals surface area contributed by atoms with Crippen LogP contribution in [-0.2, 0) is 19.2 Å². The molecule has 4 amide bonds. The quantitative estimate of drug-likeness (QED) is 0.105. The Labute approximate surface area is 292 Å². The standard InChI is InChI=1S/C29H23Br2Cl2N5O9/c1-34(2)23-18(37(44)45)8-13(9-19(23)38(46)47)36-24(40)15-5-4-14-17(21(15)25(36)41)10-28(32)26(42)35(11-30)27(43)29(28,33)22(14)16-7-12(31)3-6-20(16)39/h3-4,6-9,15,17,21-22,39H,5,10-11H2,1-2H3. The van der Waals surface area contributed by atoms with Crippen LogP contribution in [0.2, 0.25) is 0 Å². The molecule has 47 heavy (non-hydrogen) atoms. The van der Waals surface area contributed by atoms with E-state index in [1.165, 1.54) is 31.1 Å². The van der Waals surface area contributed by atoms with Gasteiger partial charge in [0, 0.05) is 42.2 Å². The molecule has 0 radical (unpaired) electrons. The van der Waals surface area contributed by atoms with Gasteiger partial charge >= 0.3 is 11.4 Å². The first-order valence-corrected chi connectivity index (χ1v) is 16.7. The number of nitrogens with zero attached hydrogens (tertiary/aromatic N) is 5. The van der Waals surface area contributed by atoms with Crippen molar-refractivity contribution in [2.24, 2.45) is 17.8 Å². The Morgan fingerprint density at radius 2 is 1.62 bits per heavy atom. The molecule has 246 valence electrons. The Bertz CT molecular complexity index is 1840. The number of nitro benzene ring substituents is 2. The Kier molecular flexibility index (Phi) is 7.97. The minimum atomic E-state index is -2.14. The Hall–Kier alpha value is -3.60. The molecule has 3 fully saturated rings. The number of phenols is 1. The van der Waals surface area contributed by atoms with Crippen LogP contribution in [0.15, 0.2) is 46.5 Å². The van der Waals surface area contributed by atoms with Crippen molar-refractivity contribution >= 4 is 101 Å². The predicted octanol–water partition coefficient (Wildman–Crippen LogP) is 4.95. The topological polar surface area (TPSA) is 185 Å². The number of amides is 4. The van der Waals surface area contributed by atoms with E-state index in [-0.39, 0.29) is 41.0 Å². The van der Waals surface area contributed by atoms with E-state index < -0.39 is 78.3 Å². The molecule has 2 aliphatic heterocycles. The van der Waals surface area contributed by atoms with Crippen LogP contribution in [0.5, 0.6) is 5.75 Å². The average Bonchev–Trinajstić information content (AvgIpc) is 3.35. The molecule has 18 heteroatoms. The molecule has 6 unspecified atom stereocenters. The number of alkyl halides is 3. The van der Waals surface area contributed by atoms with Crippen LogP contribution in [0.25, 0.3) is 0 Å². The van der Waals surface area contributed by atoms with Gasteiger partial charge in [0.1, 0.15) is 5.75 Å². The summed E-state index contributed by atoms with van der Waals surface area (Å²) in [5.41, 5.74) is -1.72. The van der Waals surface area contributed by atoms with E-state index in [0.29, 0.717) is 14.9 Å². The van der Waals surface area contributed by atoms with E-state index in [1.807, 2.05) is 0 Å². The lowest BCUT2D eigenvalue weighted by Crippen LogP contribution is -2.60. The molecule has 1 N–H and O–H groups in total. The number of carbonyl (C=O) groups is 4. The summed E-state index contributed by atoms with van der Waals surface area (Å²) in [5.74, 6) is -7.83. The van der Waals surface area contributed by atoms with E-state index in [1.54, 1.807) is 12.1 Å². The van der Waals surface area contributed by atoms with Crippen LogP contribution in [0.3, 0.4) is 0 Å². The number of carbonyl (C=O) groups excluding carboxylic acids is 4. The first-order valence-electron chi connectivity index (χ1n) is 14.0. The molecule has 6 atom stereocenters. The maximum Gasteiger partial charge on any atom is 0.301 e. The van der Waals surface area contributed by atoms with Gasteiger partial charge in [0.15, 0.2) is 15.4 Å². The first kappa shape index (κ1) is 33.3. The van der Waals surface area contributed by atoms with Gasteiger partial charge in [-0.2, -0.15) is 0 Å². The lowest BCUT2D eigenvalue weighted by atomic mass is 9.56. The van der Waals surface area contributed by atoms with Gasteiger partial charge in [-0.05, 0) is 37.0 Å². The molecule has 2 aromatic rings. The van der Waals surface area contributed by atoms with E-state index >= 15 is 0 Å². The number of anilines is 2. The third-order valence-electron chi connectivity index (χ3n) is 9.47. The fraction of sp³-hybridized carbons (Fsp3) is 0.379. The van der Waals surface area contributed by atoms with Crippen molar-refractivity contribution in [2.45, 2.75) is 28.5 Å². The second-order valence-electron chi connectivity index (χ2n) is 11.9. The zero-order chi connectivity index (χ0) is 34.5. The van der Waals surface area contributed by atoms with Gasteiger partial charge in [-0.25, -0.2) is 4.90 Å². The summed E-state index contributed by atoms with van der Waals surface area (Å²) in [6.45, 7) is 0. The molecule has 0 bridgehead atoms. The molecule has 2 aromatic carbocycles. The zero-order valence-electron chi connectivity index (χ0n) is 24.4. The van der Waals surface area contributed by atoms with Crippen LogP contribution in [0, 0.1) is 38.0 Å². The number of phenolic OH excluding ortho intramolecular Hbond substituents is 1. The predicted molar refractivity (Wildman–Crippen MR) is 176 cm³/mol. The lowest BCUT2D eigenvalue weighted by Gasteiger charge is -2.50. The summed E-state index contributed by atoms with van der Waals surface area (Å²) in [4.78, 5) is 76.8. The van der Waals surface area contributed by atoms with Crippen LogP contribution in [0.1, 0.15) is 24.3 Å². The monoisotopic (exact) mass is 813 g/mol. The summed E-state index contributed by atoms with van der Waals surface area (Å²) in [6.07, 6.45) is 1.28. The van der Waals surface area contributed by atoms with E-state index in [4.69, 9.17) is 23.2 Å². The number of rotatable bonds is 6. The molecule has 2 heterocycles. The van der Waals surface area contributed by atoms with E-state index in [2.05, 4.69) is 31.9 Å². The number of nitro groups is 2. The van der Waals surface area contributed by atoms with Gasteiger partial charge in [-0.1, -0.05) is 43.5 Å². The Morgan fingerprint density at radius 3 is 2.17 bits per heavy atom. The molecule has 4 aliphatic rings. The number of fused-ring (bicyclic) bond motifs is 4. The molecule has 2 saturated heterocycles. The number of imide groups is 2. The maximum absolute atomic E-state index is 14.3. The fourth-order valence-corrected chi connectivity index (χ4v) is 9.36. The number of hydrogen-bond acceptors (Lipinski definition) is 10. The Morgan fingerprint density at radius 1 is 1.00 bits per heavy atom. The number of halogens is 4. The smallest absolute Gasteiger partial charge is 0.301 e. The largest absolute Gasteiger partial charge is 0.508 e. The number of hydrogen-bond donors (Lipinski definition) is 1. The molecule has 0 spiro atoms. The van der Waals surface area contributed by atoms with Crippen molar-refractivity contribution in [3.8, 4) is 5.75 Å². The van der Waals surface area contributed by atoms with Crippen molar-refractivity contribution < 1.29 is 34.1 Å². The molecular weight excluding hydrogens is 793 g/mol. The second-order valence-corrected chi connectivity index (χ2v) is 14.6. The van der Waals surface area contributed by atoms with Gasteiger partial charge in [-0.15, -0.1) is 23.2 Å². The van der Waals surface area contributed by atoms with Crippen molar-refractivity contribution in [1.82, 2.24) is 4.90 Å². The third kappa shape index (κ3) is 4.47. The molecule has 14 nitrogen and oxygen atoms in total. The van der Waals surface area contributed by atoms with Crippen molar-refractivity contribution in [1.29, 1.82) is 0 Å². The summed E-state index contributed by atoms with van der Waals surface area (Å²) in [6, 6.07) is 6.34. The highest BCUT2D eigenvalue weighted by atomic mass is 79.9. The van der Waals surface area contributed by atoms with Crippen LogP contribution < -0.4 is 9.80 Å². The van der Waals surface area contributed by atoms with Crippen LogP contribution in [0.4, 0.5) is 22.7 Å². The number of allylic oxidation sites excluding steroid dienone is 2. The van der Waals surface area contributed by atoms with Gasteiger partial charge in [-0.3, -0.25) is 44.3 Å².